The lowest BCUT2D eigenvalue weighted by atomic mass is 10.1. The number of anilines is 1. The number of ether oxygens (including phenoxy) is 1. The van der Waals surface area contributed by atoms with Crippen molar-refractivity contribution in [3.63, 3.8) is 0 Å². The van der Waals surface area contributed by atoms with Gasteiger partial charge < -0.3 is 10.5 Å². The van der Waals surface area contributed by atoms with Gasteiger partial charge in [-0.1, -0.05) is 6.07 Å². The molecule has 2 aromatic carbocycles. The molecule has 0 saturated carbocycles. The van der Waals surface area contributed by atoms with Crippen molar-refractivity contribution in [2.45, 2.75) is 13.5 Å². The second kappa shape index (κ2) is 6.06. The third kappa shape index (κ3) is 3.37. The highest BCUT2D eigenvalue weighted by Gasteiger charge is 2.12. The van der Waals surface area contributed by atoms with Crippen LogP contribution in [0.25, 0.3) is 0 Å². The summed E-state index contributed by atoms with van der Waals surface area (Å²) in [6.07, 6.45) is 0. The molecule has 106 valence electrons. The van der Waals surface area contributed by atoms with Crippen molar-refractivity contribution in [3.8, 4) is 6.07 Å². The molecule has 0 aliphatic rings. The van der Waals surface area contributed by atoms with Gasteiger partial charge in [-0.2, -0.15) is 5.26 Å². The van der Waals surface area contributed by atoms with Crippen molar-refractivity contribution in [2.75, 3.05) is 5.73 Å². The average Bonchev–Trinajstić information content (AvgIpc) is 2.47. The molecule has 4 nitrogen and oxygen atoms in total. The molecular weight excluding hydrogens is 271 g/mol. The summed E-state index contributed by atoms with van der Waals surface area (Å²) in [7, 11) is 0. The fourth-order valence-electron chi connectivity index (χ4n) is 1.87. The van der Waals surface area contributed by atoms with Gasteiger partial charge in [0.15, 0.2) is 0 Å². The fraction of sp³-hybridized carbons (Fsp3) is 0.125. The maximum absolute atomic E-state index is 13.2. The molecule has 0 saturated heterocycles. The van der Waals surface area contributed by atoms with Crippen LogP contribution >= 0.6 is 0 Å². The van der Waals surface area contributed by atoms with E-state index in [9.17, 15) is 9.18 Å². The number of aryl methyl sites for hydroxylation is 1. The Bertz CT molecular complexity index is 736. The fourth-order valence-corrected chi connectivity index (χ4v) is 1.87. The van der Waals surface area contributed by atoms with Crippen LogP contribution in [0.1, 0.15) is 27.0 Å². The summed E-state index contributed by atoms with van der Waals surface area (Å²) in [5.41, 5.74) is 7.77. The first-order valence-corrected chi connectivity index (χ1v) is 6.23. The van der Waals surface area contributed by atoms with Gasteiger partial charge in [-0.25, -0.2) is 9.18 Å². The normalized spacial score (nSPS) is 9.95. The molecule has 0 aliphatic heterocycles. The maximum atomic E-state index is 13.2. The highest BCUT2D eigenvalue weighted by Crippen LogP contribution is 2.16. The van der Waals surface area contributed by atoms with E-state index in [1.807, 2.05) is 6.07 Å². The van der Waals surface area contributed by atoms with Crippen molar-refractivity contribution >= 4 is 11.7 Å². The van der Waals surface area contributed by atoms with E-state index >= 15 is 0 Å². The second-order valence-corrected chi connectivity index (χ2v) is 4.56. The maximum Gasteiger partial charge on any atom is 0.338 e. The van der Waals surface area contributed by atoms with E-state index in [2.05, 4.69) is 0 Å². The molecule has 0 unspecified atom stereocenters. The lowest BCUT2D eigenvalue weighted by Crippen LogP contribution is -2.08. The number of hydrogen-bond acceptors (Lipinski definition) is 4. The number of carbonyl (C=O) groups is 1. The van der Waals surface area contributed by atoms with Gasteiger partial charge >= 0.3 is 5.97 Å². The Balaban J connectivity index is 2.17. The Labute approximate surface area is 121 Å². The first-order chi connectivity index (χ1) is 10.0. The predicted molar refractivity (Wildman–Crippen MR) is 75.8 cm³/mol. The van der Waals surface area contributed by atoms with E-state index in [0.29, 0.717) is 16.8 Å². The van der Waals surface area contributed by atoms with Gasteiger partial charge in [0.2, 0.25) is 0 Å². The van der Waals surface area contributed by atoms with Crippen LogP contribution in [-0.4, -0.2) is 5.97 Å². The summed E-state index contributed by atoms with van der Waals surface area (Å²) in [5.74, 6) is -1.05. The van der Waals surface area contributed by atoms with Crippen LogP contribution < -0.4 is 5.73 Å². The van der Waals surface area contributed by atoms with Gasteiger partial charge in [0.05, 0.1) is 17.2 Å². The van der Waals surface area contributed by atoms with Gasteiger partial charge in [0.25, 0.3) is 0 Å². The predicted octanol–water partition coefficient (Wildman–Crippen LogP) is 2.95. The van der Waals surface area contributed by atoms with Crippen LogP contribution in [0.3, 0.4) is 0 Å². The third-order valence-electron chi connectivity index (χ3n) is 3.03. The Morgan fingerprint density at radius 1 is 1.33 bits per heavy atom. The Morgan fingerprint density at radius 3 is 2.81 bits per heavy atom. The van der Waals surface area contributed by atoms with Gasteiger partial charge in [-0.3, -0.25) is 0 Å². The number of carbonyl (C=O) groups excluding carboxylic acids is 1. The van der Waals surface area contributed by atoms with Crippen molar-refractivity contribution in [3.05, 3.63) is 64.5 Å². The molecule has 0 spiro atoms. The second-order valence-electron chi connectivity index (χ2n) is 4.56. The quantitative estimate of drug-likeness (QED) is 0.694. The minimum atomic E-state index is -0.562. The molecule has 21 heavy (non-hydrogen) atoms. The molecule has 0 amide bonds. The number of nitriles is 1. The van der Waals surface area contributed by atoms with E-state index < -0.39 is 11.8 Å². The summed E-state index contributed by atoms with van der Waals surface area (Å²) in [6, 6.07) is 10.6. The van der Waals surface area contributed by atoms with Crippen molar-refractivity contribution in [1.29, 1.82) is 5.26 Å². The number of nitrogens with two attached hydrogens (primary N) is 1. The zero-order valence-corrected chi connectivity index (χ0v) is 11.4. The number of halogens is 1. The average molecular weight is 284 g/mol. The monoisotopic (exact) mass is 284 g/mol. The van der Waals surface area contributed by atoms with Crippen LogP contribution in [0.2, 0.25) is 0 Å². The Morgan fingerprint density at radius 2 is 2.10 bits per heavy atom. The summed E-state index contributed by atoms with van der Waals surface area (Å²) < 4.78 is 18.3. The number of nitrogens with zero attached hydrogens (tertiary/aromatic N) is 1. The molecule has 0 heterocycles. The van der Waals surface area contributed by atoms with Crippen LogP contribution in [0, 0.1) is 24.1 Å². The van der Waals surface area contributed by atoms with Crippen LogP contribution in [0.15, 0.2) is 36.4 Å². The Hall–Kier alpha value is -2.87. The number of nitrogen functional groups attached to an aromatic ring is 1. The standard InChI is InChI=1S/C16H13FN2O2/c1-10-2-5-14(19)7-15(10)16(20)21-9-12-6-13(17)4-3-11(12)8-18/h2-7H,9,19H2,1H3. The van der Waals surface area contributed by atoms with Crippen LogP contribution in [0.5, 0.6) is 0 Å². The van der Waals surface area contributed by atoms with E-state index in [4.69, 9.17) is 15.7 Å². The van der Waals surface area contributed by atoms with Crippen molar-refractivity contribution in [1.82, 2.24) is 0 Å². The molecule has 0 atom stereocenters. The zero-order valence-electron chi connectivity index (χ0n) is 11.4. The summed E-state index contributed by atoms with van der Waals surface area (Å²) in [4.78, 5) is 12.0. The summed E-state index contributed by atoms with van der Waals surface area (Å²) >= 11 is 0. The van der Waals surface area contributed by atoms with E-state index in [1.54, 1.807) is 19.1 Å². The molecule has 0 aromatic heterocycles. The number of hydrogen-bond donors (Lipinski definition) is 1. The molecule has 0 aliphatic carbocycles. The number of rotatable bonds is 3. The molecule has 0 radical (unpaired) electrons. The lowest BCUT2D eigenvalue weighted by molar-refractivity contribution is 0.0471. The van der Waals surface area contributed by atoms with Gasteiger partial charge in [-0.05, 0) is 42.8 Å². The molecule has 0 fully saturated rings. The first kappa shape index (κ1) is 14.5. The lowest BCUT2D eigenvalue weighted by Gasteiger charge is -2.09. The summed E-state index contributed by atoms with van der Waals surface area (Å²) in [5, 5.41) is 8.94. The third-order valence-corrected chi connectivity index (χ3v) is 3.03. The molecule has 2 rings (SSSR count). The first-order valence-electron chi connectivity index (χ1n) is 6.23. The van der Waals surface area contributed by atoms with Crippen LogP contribution in [0.4, 0.5) is 10.1 Å². The van der Waals surface area contributed by atoms with Gasteiger partial charge in [0.1, 0.15) is 12.4 Å². The largest absolute Gasteiger partial charge is 0.457 e. The molecular formula is C16H13FN2O2. The highest BCUT2D eigenvalue weighted by molar-refractivity contribution is 5.92. The topological polar surface area (TPSA) is 76.1 Å². The van der Waals surface area contributed by atoms with Gasteiger partial charge in [-0.15, -0.1) is 0 Å². The molecule has 2 aromatic rings. The zero-order chi connectivity index (χ0) is 15.4. The van der Waals surface area contributed by atoms with E-state index in [0.717, 1.165) is 5.56 Å². The molecule has 2 N–H and O–H groups in total. The summed E-state index contributed by atoms with van der Waals surface area (Å²) in [6.45, 7) is 1.59. The van der Waals surface area contributed by atoms with E-state index in [-0.39, 0.29) is 12.2 Å². The van der Waals surface area contributed by atoms with Crippen molar-refractivity contribution < 1.29 is 13.9 Å². The Kier molecular flexibility index (Phi) is 4.19. The van der Waals surface area contributed by atoms with Crippen molar-refractivity contribution in [2.24, 2.45) is 0 Å². The minimum absolute atomic E-state index is 0.173. The van der Waals surface area contributed by atoms with Gasteiger partial charge in [0, 0.05) is 11.3 Å². The highest BCUT2D eigenvalue weighted by atomic mass is 19.1. The number of benzene rings is 2. The minimum Gasteiger partial charge on any atom is -0.457 e. The smallest absolute Gasteiger partial charge is 0.338 e. The van der Waals surface area contributed by atoms with E-state index in [1.165, 1.54) is 24.3 Å². The SMILES string of the molecule is Cc1ccc(N)cc1C(=O)OCc1cc(F)ccc1C#N. The van der Waals surface area contributed by atoms with Crippen LogP contribution in [-0.2, 0) is 11.3 Å². The molecule has 5 heteroatoms. The molecule has 0 bridgehead atoms. The number of esters is 1.